The minimum atomic E-state index is 0.364. The van der Waals surface area contributed by atoms with Crippen LogP contribution in [-0.4, -0.2) is 14.1 Å². The third-order valence-electron chi connectivity index (χ3n) is 3.31. The molecule has 0 amide bonds. The summed E-state index contributed by atoms with van der Waals surface area (Å²) in [5, 5.41) is 0.798. The maximum atomic E-state index is 6.27. The second-order valence-electron chi connectivity index (χ2n) is 5.00. The van der Waals surface area contributed by atoms with Crippen LogP contribution in [0.2, 0.25) is 10.0 Å². The highest BCUT2D eigenvalue weighted by molar-refractivity contribution is 9.10. The molecule has 0 radical (unpaired) electrons. The molecule has 0 bridgehead atoms. The lowest BCUT2D eigenvalue weighted by Gasteiger charge is -2.16. The van der Waals surface area contributed by atoms with E-state index in [0.29, 0.717) is 27.8 Å². The van der Waals surface area contributed by atoms with Crippen LogP contribution in [0.3, 0.4) is 0 Å². The SMILES string of the molecule is CN(C)c1ccc(Cc2c(N)cc(Cl)c(N)c2Cl)c(Br)c1. The van der Waals surface area contributed by atoms with Gasteiger partial charge in [0.1, 0.15) is 0 Å². The third kappa shape index (κ3) is 3.39. The summed E-state index contributed by atoms with van der Waals surface area (Å²) in [4.78, 5) is 2.04. The van der Waals surface area contributed by atoms with E-state index >= 15 is 0 Å². The zero-order chi connectivity index (χ0) is 15.7. The maximum Gasteiger partial charge on any atom is 0.0706 e. The van der Waals surface area contributed by atoms with Gasteiger partial charge in [0.25, 0.3) is 0 Å². The summed E-state index contributed by atoms with van der Waals surface area (Å²) in [6.45, 7) is 0. The van der Waals surface area contributed by atoms with E-state index in [1.807, 2.05) is 31.1 Å². The molecule has 0 aliphatic heterocycles. The highest BCUT2D eigenvalue weighted by atomic mass is 79.9. The van der Waals surface area contributed by atoms with Gasteiger partial charge in [-0.2, -0.15) is 0 Å². The van der Waals surface area contributed by atoms with Gasteiger partial charge in [-0.1, -0.05) is 45.2 Å². The molecule has 0 heterocycles. The monoisotopic (exact) mass is 387 g/mol. The van der Waals surface area contributed by atoms with Crippen LogP contribution in [-0.2, 0) is 6.42 Å². The van der Waals surface area contributed by atoms with Crippen LogP contribution in [0.25, 0.3) is 0 Å². The van der Waals surface area contributed by atoms with E-state index in [9.17, 15) is 0 Å². The number of hydrogen-bond acceptors (Lipinski definition) is 3. The Kier molecular flexibility index (Phi) is 4.91. The standard InChI is InChI=1S/C15H16BrCl2N3/c1-21(2)9-4-3-8(11(16)6-9)5-10-13(19)7-12(17)15(20)14(10)18/h3-4,6-7H,5,19-20H2,1-2H3. The van der Waals surface area contributed by atoms with Crippen LogP contribution >= 0.6 is 39.1 Å². The number of hydrogen-bond donors (Lipinski definition) is 2. The third-order valence-corrected chi connectivity index (χ3v) is 4.79. The predicted octanol–water partition coefficient (Wildman–Crippen LogP) is 4.58. The van der Waals surface area contributed by atoms with Crippen molar-refractivity contribution in [2.75, 3.05) is 30.5 Å². The van der Waals surface area contributed by atoms with Crippen LogP contribution < -0.4 is 16.4 Å². The van der Waals surface area contributed by atoms with Gasteiger partial charge in [-0.25, -0.2) is 0 Å². The van der Waals surface area contributed by atoms with E-state index in [2.05, 4.69) is 22.0 Å². The zero-order valence-electron chi connectivity index (χ0n) is 11.8. The Morgan fingerprint density at radius 2 is 1.81 bits per heavy atom. The summed E-state index contributed by atoms with van der Waals surface area (Å²) in [5.74, 6) is 0. The Bertz CT molecular complexity index is 687. The number of nitrogens with two attached hydrogens (primary N) is 2. The first kappa shape index (κ1) is 16.3. The molecule has 0 saturated carbocycles. The van der Waals surface area contributed by atoms with Gasteiger partial charge in [-0.05, 0) is 23.8 Å². The van der Waals surface area contributed by atoms with Gasteiger partial charge < -0.3 is 16.4 Å². The molecule has 0 fully saturated rings. The summed E-state index contributed by atoms with van der Waals surface area (Å²) in [6.07, 6.45) is 0.584. The molecule has 0 aliphatic carbocycles. The van der Waals surface area contributed by atoms with Crippen molar-refractivity contribution < 1.29 is 0 Å². The normalized spacial score (nSPS) is 10.7. The average molecular weight is 389 g/mol. The lowest BCUT2D eigenvalue weighted by molar-refractivity contribution is 1.11. The van der Waals surface area contributed by atoms with E-state index in [-0.39, 0.29) is 0 Å². The molecule has 21 heavy (non-hydrogen) atoms. The molecule has 0 aromatic heterocycles. The largest absolute Gasteiger partial charge is 0.398 e. The molecule has 2 rings (SSSR count). The lowest BCUT2D eigenvalue weighted by atomic mass is 10.0. The van der Waals surface area contributed by atoms with Gasteiger partial charge in [0.15, 0.2) is 0 Å². The quantitative estimate of drug-likeness (QED) is 0.756. The maximum absolute atomic E-state index is 6.27. The molecule has 0 aliphatic rings. The Hall–Kier alpha value is -1.10. The van der Waals surface area contributed by atoms with Crippen LogP contribution in [0.15, 0.2) is 28.7 Å². The van der Waals surface area contributed by atoms with Gasteiger partial charge in [-0.3, -0.25) is 0 Å². The number of nitrogen functional groups attached to an aromatic ring is 2. The molecule has 0 spiro atoms. The fourth-order valence-electron chi connectivity index (χ4n) is 2.02. The molecule has 0 saturated heterocycles. The highest BCUT2D eigenvalue weighted by Gasteiger charge is 2.14. The molecular weight excluding hydrogens is 373 g/mol. The first-order valence-electron chi connectivity index (χ1n) is 6.28. The van der Waals surface area contributed by atoms with Gasteiger partial charge in [0, 0.05) is 41.9 Å². The van der Waals surface area contributed by atoms with Crippen molar-refractivity contribution in [2.45, 2.75) is 6.42 Å². The second-order valence-corrected chi connectivity index (χ2v) is 6.64. The summed E-state index contributed by atoms with van der Waals surface area (Å²) >= 11 is 15.8. The van der Waals surface area contributed by atoms with Gasteiger partial charge in [0.2, 0.25) is 0 Å². The molecule has 0 atom stereocenters. The minimum absolute atomic E-state index is 0.364. The topological polar surface area (TPSA) is 55.3 Å². The molecular formula is C15H16BrCl2N3. The Morgan fingerprint density at radius 1 is 1.14 bits per heavy atom. The van der Waals surface area contributed by atoms with Crippen LogP contribution in [0, 0.1) is 0 Å². The fraction of sp³-hybridized carbons (Fsp3) is 0.200. The van der Waals surface area contributed by atoms with Gasteiger partial charge in [-0.15, -0.1) is 0 Å². The van der Waals surface area contributed by atoms with Crippen molar-refractivity contribution in [1.29, 1.82) is 0 Å². The van der Waals surface area contributed by atoms with Gasteiger partial charge in [0.05, 0.1) is 15.7 Å². The van der Waals surface area contributed by atoms with Crippen molar-refractivity contribution in [3.8, 4) is 0 Å². The van der Waals surface area contributed by atoms with Crippen LogP contribution in [0.1, 0.15) is 11.1 Å². The number of nitrogens with zero attached hydrogens (tertiary/aromatic N) is 1. The smallest absolute Gasteiger partial charge is 0.0706 e. The highest BCUT2D eigenvalue weighted by Crippen LogP contribution is 2.37. The first-order chi connectivity index (χ1) is 9.81. The van der Waals surface area contributed by atoms with Crippen molar-refractivity contribution in [3.05, 3.63) is 49.9 Å². The molecule has 2 aromatic rings. The Balaban J connectivity index is 2.42. The molecule has 2 aromatic carbocycles. The number of anilines is 3. The molecule has 4 N–H and O–H groups in total. The zero-order valence-corrected chi connectivity index (χ0v) is 14.9. The van der Waals surface area contributed by atoms with Crippen LogP contribution in [0.5, 0.6) is 0 Å². The molecule has 3 nitrogen and oxygen atoms in total. The Labute approximate surface area is 142 Å². The fourth-order valence-corrected chi connectivity index (χ4v) is 3.07. The summed E-state index contributed by atoms with van der Waals surface area (Å²) in [6, 6.07) is 7.78. The molecule has 0 unspecified atom stereocenters. The summed E-state index contributed by atoms with van der Waals surface area (Å²) < 4.78 is 0.998. The van der Waals surface area contributed by atoms with E-state index in [0.717, 1.165) is 21.3 Å². The van der Waals surface area contributed by atoms with Gasteiger partial charge >= 0.3 is 0 Å². The summed E-state index contributed by atoms with van der Waals surface area (Å²) in [5.41, 5.74) is 15.8. The molecule has 112 valence electrons. The minimum Gasteiger partial charge on any atom is -0.398 e. The van der Waals surface area contributed by atoms with Crippen molar-refractivity contribution >= 4 is 56.2 Å². The number of rotatable bonds is 3. The Morgan fingerprint density at radius 3 is 2.38 bits per heavy atom. The first-order valence-corrected chi connectivity index (χ1v) is 7.83. The number of halogens is 3. The predicted molar refractivity (Wildman–Crippen MR) is 96.6 cm³/mol. The van der Waals surface area contributed by atoms with Crippen LogP contribution in [0.4, 0.5) is 17.1 Å². The number of benzene rings is 2. The van der Waals surface area contributed by atoms with E-state index < -0.39 is 0 Å². The molecule has 6 heteroatoms. The van der Waals surface area contributed by atoms with E-state index in [1.54, 1.807) is 6.07 Å². The van der Waals surface area contributed by atoms with Crippen molar-refractivity contribution in [2.24, 2.45) is 0 Å². The van der Waals surface area contributed by atoms with E-state index in [1.165, 1.54) is 0 Å². The second kappa shape index (κ2) is 6.34. The van der Waals surface area contributed by atoms with Crippen molar-refractivity contribution in [3.63, 3.8) is 0 Å². The summed E-state index contributed by atoms with van der Waals surface area (Å²) in [7, 11) is 3.99. The lowest BCUT2D eigenvalue weighted by Crippen LogP contribution is -2.08. The van der Waals surface area contributed by atoms with Crippen molar-refractivity contribution in [1.82, 2.24) is 0 Å². The average Bonchev–Trinajstić information content (AvgIpc) is 2.42. The van der Waals surface area contributed by atoms with E-state index in [4.69, 9.17) is 34.7 Å².